The standard InChI is InChI=1S/C17H18BrClN2O/c1-3-11-21(12(2)13-7-4-5-9-15(13)18)17(22)14-8-6-10-20-16(14)19/h4-10,12H,3,11H2,1-2H3. The highest BCUT2D eigenvalue weighted by molar-refractivity contribution is 9.10. The highest BCUT2D eigenvalue weighted by Gasteiger charge is 2.25. The molecule has 1 heterocycles. The van der Waals surface area contributed by atoms with Crippen molar-refractivity contribution < 1.29 is 4.79 Å². The number of halogens is 2. The van der Waals surface area contributed by atoms with Crippen molar-refractivity contribution in [1.82, 2.24) is 9.88 Å². The number of amides is 1. The van der Waals surface area contributed by atoms with Crippen molar-refractivity contribution in [1.29, 1.82) is 0 Å². The Morgan fingerprint density at radius 2 is 2.05 bits per heavy atom. The van der Waals surface area contributed by atoms with Gasteiger partial charge in [0, 0.05) is 17.2 Å². The number of benzene rings is 1. The first-order valence-electron chi connectivity index (χ1n) is 7.22. The van der Waals surface area contributed by atoms with Crippen LogP contribution in [0.3, 0.4) is 0 Å². The molecular formula is C17H18BrClN2O. The van der Waals surface area contributed by atoms with Gasteiger partial charge in [0.05, 0.1) is 11.6 Å². The number of carbonyl (C=O) groups is 1. The Bertz CT molecular complexity index is 663. The van der Waals surface area contributed by atoms with Crippen LogP contribution in [0.15, 0.2) is 47.1 Å². The number of rotatable bonds is 5. The zero-order valence-corrected chi connectivity index (χ0v) is 14.9. The molecular weight excluding hydrogens is 364 g/mol. The first-order valence-corrected chi connectivity index (χ1v) is 8.39. The molecule has 0 aliphatic heterocycles. The van der Waals surface area contributed by atoms with Gasteiger partial charge >= 0.3 is 0 Å². The smallest absolute Gasteiger partial charge is 0.257 e. The van der Waals surface area contributed by atoms with Crippen molar-refractivity contribution in [3.63, 3.8) is 0 Å². The monoisotopic (exact) mass is 380 g/mol. The van der Waals surface area contributed by atoms with Crippen molar-refractivity contribution in [2.75, 3.05) is 6.54 Å². The van der Waals surface area contributed by atoms with Crippen LogP contribution >= 0.6 is 27.5 Å². The highest BCUT2D eigenvalue weighted by Crippen LogP contribution is 2.29. The normalized spacial score (nSPS) is 12.0. The number of carbonyl (C=O) groups excluding carboxylic acids is 1. The zero-order valence-electron chi connectivity index (χ0n) is 12.6. The lowest BCUT2D eigenvalue weighted by Gasteiger charge is -2.30. The summed E-state index contributed by atoms with van der Waals surface area (Å²) in [7, 11) is 0. The van der Waals surface area contributed by atoms with Crippen molar-refractivity contribution in [3.05, 3.63) is 63.3 Å². The van der Waals surface area contributed by atoms with Gasteiger partial charge in [0.15, 0.2) is 0 Å². The Morgan fingerprint density at radius 3 is 2.68 bits per heavy atom. The van der Waals surface area contributed by atoms with Crippen LogP contribution < -0.4 is 0 Å². The van der Waals surface area contributed by atoms with Crippen LogP contribution in [0.25, 0.3) is 0 Å². The van der Waals surface area contributed by atoms with Gasteiger partial charge in [-0.2, -0.15) is 0 Å². The molecule has 0 saturated heterocycles. The number of pyridine rings is 1. The van der Waals surface area contributed by atoms with Crippen LogP contribution in [0, 0.1) is 0 Å². The van der Waals surface area contributed by atoms with E-state index >= 15 is 0 Å². The summed E-state index contributed by atoms with van der Waals surface area (Å²) < 4.78 is 0.994. The molecule has 0 fully saturated rings. The van der Waals surface area contributed by atoms with Crippen molar-refractivity contribution >= 4 is 33.4 Å². The Hall–Kier alpha value is -1.39. The molecule has 1 unspecified atom stereocenters. The number of aromatic nitrogens is 1. The number of hydrogen-bond donors (Lipinski definition) is 0. The summed E-state index contributed by atoms with van der Waals surface area (Å²) in [4.78, 5) is 18.7. The third-order valence-corrected chi connectivity index (χ3v) is 4.56. The Balaban J connectivity index is 2.36. The second-order valence-corrected chi connectivity index (χ2v) is 6.25. The predicted octanol–water partition coefficient (Wildman–Crippen LogP) is 5.11. The Kier molecular flexibility index (Phi) is 5.98. The van der Waals surface area contributed by atoms with Gasteiger partial charge in [0.2, 0.25) is 0 Å². The first-order chi connectivity index (χ1) is 10.6. The third kappa shape index (κ3) is 3.68. The SMILES string of the molecule is CCCN(C(=O)c1cccnc1Cl)C(C)c1ccccc1Br. The van der Waals surface area contributed by atoms with Gasteiger partial charge in [0.25, 0.3) is 5.91 Å². The fraction of sp³-hybridized carbons (Fsp3) is 0.294. The first kappa shape index (κ1) is 17.0. The molecule has 0 aliphatic carbocycles. The number of hydrogen-bond acceptors (Lipinski definition) is 2. The summed E-state index contributed by atoms with van der Waals surface area (Å²) in [5.74, 6) is -0.0943. The molecule has 2 rings (SSSR count). The minimum atomic E-state index is -0.0943. The van der Waals surface area contributed by atoms with Gasteiger partial charge in [-0.15, -0.1) is 0 Å². The van der Waals surface area contributed by atoms with Crippen LogP contribution in [0.1, 0.15) is 42.2 Å². The molecule has 1 amide bonds. The minimum Gasteiger partial charge on any atom is -0.332 e. The van der Waals surface area contributed by atoms with Gasteiger partial charge in [0.1, 0.15) is 5.15 Å². The van der Waals surface area contributed by atoms with E-state index in [4.69, 9.17) is 11.6 Å². The lowest BCUT2D eigenvalue weighted by atomic mass is 10.1. The molecule has 0 N–H and O–H groups in total. The Labute approximate surface area is 144 Å². The van der Waals surface area contributed by atoms with E-state index in [1.165, 1.54) is 0 Å². The second-order valence-electron chi connectivity index (χ2n) is 5.04. The van der Waals surface area contributed by atoms with Gasteiger partial charge in [-0.05, 0) is 37.1 Å². The van der Waals surface area contributed by atoms with Crippen LogP contribution in [0.2, 0.25) is 5.15 Å². The van der Waals surface area contributed by atoms with Gasteiger partial charge in [-0.3, -0.25) is 4.79 Å². The van der Waals surface area contributed by atoms with E-state index in [0.29, 0.717) is 12.1 Å². The quantitative estimate of drug-likeness (QED) is 0.674. The van der Waals surface area contributed by atoms with Crippen molar-refractivity contribution in [2.45, 2.75) is 26.3 Å². The zero-order chi connectivity index (χ0) is 16.1. The molecule has 1 atom stereocenters. The summed E-state index contributed by atoms with van der Waals surface area (Å²) in [5.41, 5.74) is 1.51. The highest BCUT2D eigenvalue weighted by atomic mass is 79.9. The van der Waals surface area contributed by atoms with E-state index in [9.17, 15) is 4.79 Å². The Morgan fingerprint density at radius 1 is 1.32 bits per heavy atom. The summed E-state index contributed by atoms with van der Waals surface area (Å²) in [6, 6.07) is 11.3. The average molecular weight is 382 g/mol. The summed E-state index contributed by atoms with van der Waals surface area (Å²) in [5, 5.41) is 0.243. The fourth-order valence-electron chi connectivity index (χ4n) is 2.39. The molecule has 0 aliphatic rings. The van der Waals surface area contributed by atoms with Gasteiger partial charge in [-0.25, -0.2) is 4.98 Å². The maximum Gasteiger partial charge on any atom is 0.257 e. The third-order valence-electron chi connectivity index (χ3n) is 3.54. The summed E-state index contributed by atoms with van der Waals surface area (Å²) in [6.45, 7) is 4.74. The average Bonchev–Trinajstić information content (AvgIpc) is 2.52. The van der Waals surface area contributed by atoms with E-state index < -0.39 is 0 Å². The van der Waals surface area contributed by atoms with Crippen molar-refractivity contribution in [3.8, 4) is 0 Å². The molecule has 1 aromatic heterocycles. The molecule has 22 heavy (non-hydrogen) atoms. The summed E-state index contributed by atoms with van der Waals surface area (Å²) >= 11 is 9.64. The van der Waals surface area contributed by atoms with Crippen LogP contribution in [-0.2, 0) is 0 Å². The molecule has 2 aromatic rings. The van der Waals surface area contributed by atoms with E-state index in [1.54, 1.807) is 18.3 Å². The molecule has 3 nitrogen and oxygen atoms in total. The molecule has 0 radical (unpaired) electrons. The minimum absolute atomic E-state index is 0.0562. The van der Waals surface area contributed by atoms with Gasteiger partial charge < -0.3 is 4.90 Å². The second kappa shape index (κ2) is 7.75. The van der Waals surface area contributed by atoms with Crippen LogP contribution in [0.5, 0.6) is 0 Å². The fourth-order valence-corrected chi connectivity index (χ4v) is 3.21. The lowest BCUT2D eigenvalue weighted by molar-refractivity contribution is 0.0690. The molecule has 1 aromatic carbocycles. The predicted molar refractivity (Wildman–Crippen MR) is 93.1 cm³/mol. The molecule has 5 heteroatoms. The molecule has 0 saturated carbocycles. The number of nitrogens with zero attached hydrogens (tertiary/aromatic N) is 2. The van der Waals surface area contributed by atoms with Gasteiger partial charge in [-0.1, -0.05) is 52.7 Å². The maximum atomic E-state index is 12.9. The molecule has 116 valence electrons. The molecule has 0 spiro atoms. The maximum absolute atomic E-state index is 12.9. The topological polar surface area (TPSA) is 33.2 Å². The van der Waals surface area contributed by atoms with E-state index in [2.05, 4.69) is 27.8 Å². The van der Waals surface area contributed by atoms with Crippen LogP contribution in [-0.4, -0.2) is 22.3 Å². The largest absolute Gasteiger partial charge is 0.332 e. The van der Waals surface area contributed by atoms with Crippen LogP contribution in [0.4, 0.5) is 0 Å². The van der Waals surface area contributed by atoms with E-state index in [-0.39, 0.29) is 17.1 Å². The lowest BCUT2D eigenvalue weighted by Crippen LogP contribution is -2.34. The van der Waals surface area contributed by atoms with E-state index in [0.717, 1.165) is 16.5 Å². The van der Waals surface area contributed by atoms with E-state index in [1.807, 2.05) is 36.1 Å². The summed E-state index contributed by atoms with van der Waals surface area (Å²) in [6.07, 6.45) is 2.46. The molecule has 0 bridgehead atoms. The van der Waals surface area contributed by atoms with Crippen molar-refractivity contribution in [2.24, 2.45) is 0 Å².